The average Bonchev–Trinajstić information content (AvgIpc) is 3.07. The molecule has 0 radical (unpaired) electrons. The van der Waals surface area contributed by atoms with E-state index in [9.17, 15) is 9.18 Å². The zero-order valence-corrected chi connectivity index (χ0v) is 10.4. The van der Waals surface area contributed by atoms with Crippen LogP contribution in [0.15, 0.2) is 18.2 Å². The third-order valence-corrected chi connectivity index (χ3v) is 3.41. The number of halogens is 2. The van der Waals surface area contributed by atoms with Crippen LogP contribution < -0.4 is 5.32 Å². The van der Waals surface area contributed by atoms with Crippen molar-refractivity contribution < 1.29 is 9.18 Å². The second-order valence-corrected chi connectivity index (χ2v) is 5.14. The lowest BCUT2D eigenvalue weighted by Gasteiger charge is -2.10. The lowest BCUT2D eigenvalue weighted by Crippen LogP contribution is -2.30. The molecule has 0 aliphatic heterocycles. The van der Waals surface area contributed by atoms with Crippen LogP contribution in [0, 0.1) is 18.7 Å². The van der Waals surface area contributed by atoms with E-state index in [1.807, 2.05) is 0 Å². The maximum atomic E-state index is 13.1. The molecule has 1 unspecified atom stereocenters. The summed E-state index contributed by atoms with van der Waals surface area (Å²) in [6.07, 6.45) is 2.28. The van der Waals surface area contributed by atoms with E-state index < -0.39 is 0 Å². The Bertz CT molecular complexity index is 411. The van der Waals surface area contributed by atoms with Gasteiger partial charge in [0.2, 0.25) is 0 Å². The van der Waals surface area contributed by atoms with Gasteiger partial charge in [0.05, 0.1) is 5.38 Å². The maximum absolute atomic E-state index is 13.1. The van der Waals surface area contributed by atoms with E-state index in [1.54, 1.807) is 13.0 Å². The number of carbonyl (C=O) groups is 1. The predicted octanol–water partition coefficient (Wildman–Crippen LogP) is 2.88. The Morgan fingerprint density at radius 3 is 2.82 bits per heavy atom. The summed E-state index contributed by atoms with van der Waals surface area (Å²) < 4.78 is 13.1. The number of benzene rings is 1. The molecule has 0 saturated heterocycles. The molecule has 0 spiro atoms. The van der Waals surface area contributed by atoms with Gasteiger partial charge in [0.15, 0.2) is 0 Å². The minimum absolute atomic E-state index is 0.00592. The van der Waals surface area contributed by atoms with Gasteiger partial charge in [-0.2, -0.15) is 0 Å². The second kappa shape index (κ2) is 5.05. The largest absolute Gasteiger partial charge is 0.351 e. The molecular formula is C13H15ClFNO. The summed E-state index contributed by atoms with van der Waals surface area (Å²) in [6.45, 7) is 2.20. The van der Waals surface area contributed by atoms with Crippen molar-refractivity contribution >= 4 is 17.5 Å². The van der Waals surface area contributed by atoms with E-state index in [2.05, 4.69) is 5.32 Å². The van der Waals surface area contributed by atoms with Gasteiger partial charge >= 0.3 is 0 Å². The van der Waals surface area contributed by atoms with Crippen molar-refractivity contribution in [2.75, 3.05) is 6.54 Å². The van der Waals surface area contributed by atoms with Crippen molar-refractivity contribution in [3.05, 3.63) is 35.1 Å². The van der Waals surface area contributed by atoms with Crippen LogP contribution in [-0.2, 0) is 0 Å². The highest BCUT2D eigenvalue weighted by Gasteiger charge is 2.29. The summed E-state index contributed by atoms with van der Waals surface area (Å²) in [6, 6.07) is 4.30. The monoisotopic (exact) mass is 255 g/mol. The molecule has 1 saturated carbocycles. The highest BCUT2D eigenvalue weighted by atomic mass is 35.5. The SMILES string of the molecule is Cc1cc(F)cc(C(=O)NCC(Cl)C2CC2)c1. The van der Waals surface area contributed by atoms with E-state index in [4.69, 9.17) is 11.6 Å². The number of aryl methyl sites for hydroxylation is 1. The molecule has 17 heavy (non-hydrogen) atoms. The molecule has 1 aliphatic rings. The summed E-state index contributed by atoms with van der Waals surface area (Å²) in [5, 5.41) is 2.73. The Morgan fingerprint density at radius 2 is 2.24 bits per heavy atom. The first-order valence-corrected chi connectivity index (χ1v) is 6.19. The Balaban J connectivity index is 1.94. The van der Waals surface area contributed by atoms with E-state index in [0.29, 0.717) is 18.0 Å². The molecule has 1 atom stereocenters. The molecule has 0 heterocycles. The summed E-state index contributed by atoms with van der Waals surface area (Å²) in [4.78, 5) is 11.8. The summed E-state index contributed by atoms with van der Waals surface area (Å²) >= 11 is 6.08. The summed E-state index contributed by atoms with van der Waals surface area (Å²) in [5.74, 6) is -0.120. The standard InChI is InChI=1S/C13H15ClFNO/c1-8-4-10(6-11(15)5-8)13(17)16-7-12(14)9-2-3-9/h4-6,9,12H,2-3,7H2,1H3,(H,16,17). The molecule has 1 amide bonds. The zero-order valence-electron chi connectivity index (χ0n) is 9.67. The number of hydrogen-bond donors (Lipinski definition) is 1. The number of alkyl halides is 1. The number of amides is 1. The van der Waals surface area contributed by atoms with Crippen molar-refractivity contribution in [2.45, 2.75) is 25.1 Å². The van der Waals surface area contributed by atoms with Crippen molar-refractivity contribution in [2.24, 2.45) is 5.92 Å². The quantitative estimate of drug-likeness (QED) is 0.824. The number of hydrogen-bond acceptors (Lipinski definition) is 1. The highest BCUT2D eigenvalue weighted by Crippen LogP contribution is 2.35. The molecule has 92 valence electrons. The van der Waals surface area contributed by atoms with E-state index in [-0.39, 0.29) is 17.1 Å². The zero-order chi connectivity index (χ0) is 12.4. The number of nitrogens with one attached hydrogen (secondary N) is 1. The third-order valence-electron chi connectivity index (χ3n) is 2.90. The van der Waals surface area contributed by atoms with Gasteiger partial charge in [-0.05, 0) is 49.4 Å². The van der Waals surface area contributed by atoms with Crippen LogP contribution in [-0.4, -0.2) is 17.8 Å². The van der Waals surface area contributed by atoms with Crippen molar-refractivity contribution in [1.29, 1.82) is 0 Å². The highest BCUT2D eigenvalue weighted by molar-refractivity contribution is 6.21. The first kappa shape index (κ1) is 12.4. The van der Waals surface area contributed by atoms with Crippen molar-refractivity contribution in [1.82, 2.24) is 5.32 Å². The lowest BCUT2D eigenvalue weighted by molar-refractivity contribution is 0.0952. The van der Waals surface area contributed by atoms with Gasteiger partial charge in [-0.15, -0.1) is 11.6 Å². The molecular weight excluding hydrogens is 241 g/mol. The van der Waals surface area contributed by atoms with Crippen LogP contribution in [0.5, 0.6) is 0 Å². The predicted molar refractivity (Wildman–Crippen MR) is 65.8 cm³/mol. The minimum Gasteiger partial charge on any atom is -0.351 e. The van der Waals surface area contributed by atoms with Gasteiger partial charge in [-0.25, -0.2) is 4.39 Å². The molecule has 2 nitrogen and oxygen atoms in total. The van der Waals surface area contributed by atoms with Crippen molar-refractivity contribution in [3.63, 3.8) is 0 Å². The van der Waals surface area contributed by atoms with Crippen LogP contribution in [0.25, 0.3) is 0 Å². The first-order chi connectivity index (χ1) is 8.06. The fraction of sp³-hybridized carbons (Fsp3) is 0.462. The van der Waals surface area contributed by atoms with Crippen molar-refractivity contribution in [3.8, 4) is 0 Å². The molecule has 2 rings (SSSR count). The Labute approximate surface area is 105 Å². The molecule has 0 bridgehead atoms. The molecule has 4 heteroatoms. The topological polar surface area (TPSA) is 29.1 Å². The maximum Gasteiger partial charge on any atom is 0.251 e. The average molecular weight is 256 g/mol. The summed E-state index contributed by atoms with van der Waals surface area (Å²) in [7, 11) is 0. The third kappa shape index (κ3) is 3.43. The van der Waals surface area contributed by atoms with Gasteiger partial charge in [0.1, 0.15) is 5.82 Å². The van der Waals surface area contributed by atoms with Crippen LogP contribution in [0.1, 0.15) is 28.8 Å². The molecule has 1 aromatic carbocycles. The van der Waals surface area contributed by atoms with E-state index >= 15 is 0 Å². The van der Waals surface area contributed by atoms with E-state index in [1.165, 1.54) is 12.1 Å². The summed E-state index contributed by atoms with van der Waals surface area (Å²) in [5.41, 5.74) is 1.09. The molecule has 1 fully saturated rings. The van der Waals surface area contributed by atoms with Gasteiger partial charge in [-0.3, -0.25) is 4.79 Å². The second-order valence-electron chi connectivity index (χ2n) is 4.58. The Hall–Kier alpha value is -1.09. The smallest absolute Gasteiger partial charge is 0.251 e. The molecule has 1 aliphatic carbocycles. The van der Waals surface area contributed by atoms with Crippen LogP contribution in [0.3, 0.4) is 0 Å². The first-order valence-electron chi connectivity index (χ1n) is 5.76. The van der Waals surface area contributed by atoms with E-state index in [0.717, 1.165) is 18.4 Å². The fourth-order valence-electron chi connectivity index (χ4n) is 1.78. The Kier molecular flexibility index (Phi) is 3.67. The molecule has 1 N–H and O–H groups in total. The van der Waals surface area contributed by atoms with Gasteiger partial charge in [0, 0.05) is 12.1 Å². The lowest BCUT2D eigenvalue weighted by atomic mass is 10.1. The van der Waals surface area contributed by atoms with Gasteiger partial charge in [-0.1, -0.05) is 0 Å². The van der Waals surface area contributed by atoms with Gasteiger partial charge in [0.25, 0.3) is 5.91 Å². The molecule has 1 aromatic rings. The van der Waals surface area contributed by atoms with Crippen LogP contribution in [0.2, 0.25) is 0 Å². The number of carbonyl (C=O) groups excluding carboxylic acids is 1. The molecule has 0 aromatic heterocycles. The van der Waals surface area contributed by atoms with Gasteiger partial charge < -0.3 is 5.32 Å². The minimum atomic E-state index is -0.389. The number of rotatable bonds is 4. The van der Waals surface area contributed by atoms with Crippen LogP contribution in [0.4, 0.5) is 4.39 Å². The fourth-order valence-corrected chi connectivity index (χ4v) is 2.11. The van der Waals surface area contributed by atoms with Crippen LogP contribution >= 0.6 is 11.6 Å². The Morgan fingerprint density at radius 1 is 1.53 bits per heavy atom. The normalized spacial score (nSPS) is 16.6.